The molecule has 1 aromatic rings. The molecule has 0 bridgehead atoms. The lowest BCUT2D eigenvalue weighted by Crippen LogP contribution is -2.35. The van der Waals surface area contributed by atoms with Crippen molar-refractivity contribution in [2.24, 2.45) is 5.84 Å². The number of rotatable bonds is 4. The lowest BCUT2D eigenvalue weighted by Gasteiger charge is -2.24. The summed E-state index contributed by atoms with van der Waals surface area (Å²) in [5.41, 5.74) is 2.34. The fourth-order valence-electron chi connectivity index (χ4n) is 2.34. The van der Waals surface area contributed by atoms with Crippen LogP contribution in [0.4, 0.5) is 5.82 Å². The van der Waals surface area contributed by atoms with Crippen molar-refractivity contribution in [3.05, 3.63) is 16.7 Å². The molecule has 3 N–H and O–H groups in total. The number of hydrogen-bond donors (Lipinski definition) is 2. The first-order valence-corrected chi connectivity index (χ1v) is 8.30. The second kappa shape index (κ2) is 5.74. The number of hydrogen-bond acceptors (Lipinski definition) is 5. The van der Waals surface area contributed by atoms with Crippen molar-refractivity contribution < 1.29 is 8.42 Å². The third-order valence-corrected chi connectivity index (χ3v) is 5.81. The number of nitrogens with two attached hydrogens (primary N) is 1. The predicted molar refractivity (Wildman–Crippen MR) is 77.0 cm³/mol. The maximum absolute atomic E-state index is 12.6. The quantitative estimate of drug-likeness (QED) is 0.638. The van der Waals surface area contributed by atoms with Gasteiger partial charge in [-0.05, 0) is 34.8 Å². The summed E-state index contributed by atoms with van der Waals surface area (Å²) in [5.74, 6) is 5.50. The first kappa shape index (κ1) is 14.7. The molecular formula is C11H17BrN4O2S. The predicted octanol–water partition coefficient (Wildman–Crippen LogP) is 1.69. The second-order valence-electron chi connectivity index (χ2n) is 4.60. The third-order valence-electron chi connectivity index (χ3n) is 3.45. The largest absolute Gasteiger partial charge is 0.307 e. The van der Waals surface area contributed by atoms with Crippen molar-refractivity contribution >= 4 is 31.8 Å². The Bertz CT molecular complexity index is 558. The van der Waals surface area contributed by atoms with Crippen molar-refractivity contribution in [2.75, 3.05) is 12.5 Å². The van der Waals surface area contributed by atoms with Crippen molar-refractivity contribution in [3.63, 3.8) is 0 Å². The minimum absolute atomic E-state index is 0.0645. The first-order chi connectivity index (χ1) is 8.96. The standard InChI is InChI=1S/C11H17BrN4O2S/c1-16(9-4-2-3-5-9)19(17,18)10-6-8(12)7-14-11(10)15-13/h6-7,9H,2-5,13H2,1H3,(H,14,15). The molecule has 8 heteroatoms. The van der Waals surface area contributed by atoms with Gasteiger partial charge in [0.1, 0.15) is 4.90 Å². The molecule has 0 radical (unpaired) electrons. The molecule has 106 valence electrons. The zero-order valence-electron chi connectivity index (χ0n) is 10.6. The molecule has 0 amide bonds. The third kappa shape index (κ3) is 2.91. The van der Waals surface area contributed by atoms with Crippen molar-refractivity contribution in [1.29, 1.82) is 0 Å². The molecule has 1 aromatic heterocycles. The van der Waals surface area contributed by atoms with E-state index in [-0.39, 0.29) is 16.8 Å². The highest BCUT2D eigenvalue weighted by molar-refractivity contribution is 9.10. The van der Waals surface area contributed by atoms with Gasteiger partial charge in [-0.3, -0.25) is 0 Å². The van der Waals surface area contributed by atoms with Crippen molar-refractivity contribution in [1.82, 2.24) is 9.29 Å². The fraction of sp³-hybridized carbons (Fsp3) is 0.545. The number of aromatic nitrogens is 1. The molecule has 0 aliphatic heterocycles. The summed E-state index contributed by atoms with van der Waals surface area (Å²) in [5, 5.41) is 0. The van der Waals surface area contributed by atoms with E-state index in [0.717, 1.165) is 25.7 Å². The van der Waals surface area contributed by atoms with Gasteiger partial charge < -0.3 is 5.43 Å². The Morgan fingerprint density at radius 1 is 1.47 bits per heavy atom. The highest BCUT2D eigenvalue weighted by Gasteiger charge is 2.32. The summed E-state index contributed by atoms with van der Waals surface area (Å²) >= 11 is 3.24. The van der Waals surface area contributed by atoms with Crippen LogP contribution >= 0.6 is 15.9 Å². The summed E-state index contributed by atoms with van der Waals surface area (Å²) in [6, 6.07) is 1.58. The van der Waals surface area contributed by atoms with E-state index in [1.165, 1.54) is 16.6 Å². The van der Waals surface area contributed by atoms with Gasteiger partial charge in [0, 0.05) is 23.8 Å². The average Bonchev–Trinajstić information content (AvgIpc) is 2.91. The van der Waals surface area contributed by atoms with Crippen LogP contribution in [0.25, 0.3) is 0 Å². The molecule has 0 atom stereocenters. The Labute approximate surface area is 121 Å². The molecule has 0 aromatic carbocycles. The fourth-order valence-corrected chi connectivity index (χ4v) is 4.37. The van der Waals surface area contributed by atoms with Gasteiger partial charge in [0.15, 0.2) is 5.82 Å². The number of sulfonamides is 1. The lowest BCUT2D eigenvalue weighted by atomic mass is 10.3. The van der Waals surface area contributed by atoms with Crippen LogP contribution in [0, 0.1) is 0 Å². The van der Waals surface area contributed by atoms with Crippen LogP contribution in [0.15, 0.2) is 21.6 Å². The Morgan fingerprint density at radius 3 is 2.68 bits per heavy atom. The summed E-state index contributed by atoms with van der Waals surface area (Å²) in [6.45, 7) is 0. The van der Waals surface area contributed by atoms with Gasteiger partial charge in [-0.25, -0.2) is 19.2 Å². The Balaban J connectivity index is 2.40. The highest BCUT2D eigenvalue weighted by atomic mass is 79.9. The van der Waals surface area contributed by atoms with E-state index in [1.54, 1.807) is 7.05 Å². The molecule has 1 aliphatic carbocycles. The van der Waals surface area contributed by atoms with Crippen LogP contribution in [0.5, 0.6) is 0 Å². The number of hydrazine groups is 1. The maximum Gasteiger partial charge on any atom is 0.246 e. The van der Waals surface area contributed by atoms with E-state index in [9.17, 15) is 8.42 Å². The minimum Gasteiger partial charge on any atom is -0.307 e. The van der Waals surface area contributed by atoms with Gasteiger partial charge >= 0.3 is 0 Å². The van der Waals surface area contributed by atoms with E-state index < -0.39 is 10.0 Å². The normalized spacial score (nSPS) is 17.1. The number of anilines is 1. The van der Waals surface area contributed by atoms with Crippen LogP contribution in [-0.4, -0.2) is 30.8 Å². The smallest absolute Gasteiger partial charge is 0.246 e. The molecule has 2 rings (SSSR count). The second-order valence-corrected chi connectivity index (χ2v) is 7.49. The van der Waals surface area contributed by atoms with Crippen LogP contribution in [0.3, 0.4) is 0 Å². The van der Waals surface area contributed by atoms with E-state index in [4.69, 9.17) is 5.84 Å². The number of nitrogens with zero attached hydrogens (tertiary/aromatic N) is 2. The number of halogens is 1. The minimum atomic E-state index is -3.59. The van der Waals surface area contributed by atoms with Gasteiger partial charge in [0.05, 0.1) is 0 Å². The number of nitrogens with one attached hydrogen (secondary N) is 1. The molecule has 1 saturated carbocycles. The van der Waals surface area contributed by atoms with E-state index in [1.807, 2.05) is 0 Å². The molecular weight excluding hydrogens is 332 g/mol. The molecule has 1 fully saturated rings. The Kier molecular flexibility index (Phi) is 4.44. The van der Waals surface area contributed by atoms with Crippen LogP contribution in [0.2, 0.25) is 0 Å². The summed E-state index contributed by atoms with van der Waals surface area (Å²) in [6.07, 6.45) is 5.46. The van der Waals surface area contributed by atoms with Gasteiger partial charge in [0.2, 0.25) is 10.0 Å². The molecule has 0 unspecified atom stereocenters. The van der Waals surface area contributed by atoms with E-state index in [0.29, 0.717) is 4.47 Å². The van der Waals surface area contributed by atoms with Gasteiger partial charge in [-0.1, -0.05) is 12.8 Å². The molecule has 0 spiro atoms. The van der Waals surface area contributed by atoms with Crippen molar-refractivity contribution in [2.45, 2.75) is 36.6 Å². The highest BCUT2D eigenvalue weighted by Crippen LogP contribution is 2.30. The van der Waals surface area contributed by atoms with Gasteiger partial charge in [-0.2, -0.15) is 4.31 Å². The van der Waals surface area contributed by atoms with Crippen LogP contribution < -0.4 is 11.3 Å². The summed E-state index contributed by atoms with van der Waals surface area (Å²) < 4.78 is 27.3. The zero-order valence-corrected chi connectivity index (χ0v) is 13.0. The molecule has 0 saturated heterocycles. The van der Waals surface area contributed by atoms with E-state index in [2.05, 4.69) is 26.3 Å². The monoisotopic (exact) mass is 348 g/mol. The van der Waals surface area contributed by atoms with Crippen molar-refractivity contribution in [3.8, 4) is 0 Å². The average molecular weight is 349 g/mol. The van der Waals surface area contributed by atoms with Gasteiger partial charge in [-0.15, -0.1) is 0 Å². The molecule has 6 nitrogen and oxygen atoms in total. The van der Waals surface area contributed by atoms with Gasteiger partial charge in [0.25, 0.3) is 0 Å². The number of nitrogen functional groups attached to an aromatic ring is 1. The SMILES string of the molecule is CN(C1CCCC1)S(=O)(=O)c1cc(Br)cnc1NN. The molecule has 1 aliphatic rings. The summed E-state index contributed by atoms with van der Waals surface area (Å²) in [7, 11) is -1.97. The maximum atomic E-state index is 12.6. The van der Waals surface area contributed by atoms with E-state index >= 15 is 0 Å². The zero-order chi connectivity index (χ0) is 14.0. The number of pyridine rings is 1. The van der Waals surface area contributed by atoms with Crippen LogP contribution in [-0.2, 0) is 10.0 Å². The van der Waals surface area contributed by atoms with Crippen LogP contribution in [0.1, 0.15) is 25.7 Å². The summed E-state index contributed by atoms with van der Waals surface area (Å²) in [4.78, 5) is 4.08. The topological polar surface area (TPSA) is 88.3 Å². The Morgan fingerprint density at radius 2 is 2.11 bits per heavy atom. The molecule has 1 heterocycles. The molecule has 19 heavy (non-hydrogen) atoms. The lowest BCUT2D eigenvalue weighted by molar-refractivity contribution is 0.373. The Hall–Kier alpha value is -0.700. The first-order valence-electron chi connectivity index (χ1n) is 6.07.